The molecule has 2 aliphatic carbocycles. The zero-order valence-corrected chi connectivity index (χ0v) is 18.9. The van der Waals surface area contributed by atoms with Gasteiger partial charge in [-0.2, -0.15) is 5.10 Å². The molecule has 0 spiro atoms. The van der Waals surface area contributed by atoms with Gasteiger partial charge >= 0.3 is 0 Å². The summed E-state index contributed by atoms with van der Waals surface area (Å²) < 4.78 is 40.5. The number of nitrogens with zero attached hydrogens (tertiary/aromatic N) is 2. The van der Waals surface area contributed by atoms with Crippen LogP contribution in [0.5, 0.6) is 0 Å². The second-order valence-electron chi connectivity index (χ2n) is 9.41. The molecule has 1 aromatic heterocycles. The van der Waals surface area contributed by atoms with Gasteiger partial charge in [-0.15, -0.1) is 0 Å². The highest BCUT2D eigenvalue weighted by atomic mass is 32.2. The number of aliphatic hydroxyl groups excluding tert-OH is 1. The summed E-state index contributed by atoms with van der Waals surface area (Å²) in [5.74, 6) is -0.401. The van der Waals surface area contributed by atoms with Crippen molar-refractivity contribution in [2.45, 2.75) is 37.2 Å². The van der Waals surface area contributed by atoms with Crippen LogP contribution in [0.1, 0.15) is 36.6 Å². The third-order valence-electron chi connectivity index (χ3n) is 7.59. The number of allylic oxidation sites excluding steroid dienone is 1. The van der Waals surface area contributed by atoms with Gasteiger partial charge in [0.05, 0.1) is 28.6 Å². The van der Waals surface area contributed by atoms with Crippen molar-refractivity contribution in [3.63, 3.8) is 0 Å². The van der Waals surface area contributed by atoms with Gasteiger partial charge in [-0.1, -0.05) is 30.7 Å². The van der Waals surface area contributed by atoms with Gasteiger partial charge in [0.15, 0.2) is 0 Å². The van der Waals surface area contributed by atoms with Crippen molar-refractivity contribution < 1.29 is 17.9 Å². The van der Waals surface area contributed by atoms with Crippen LogP contribution in [0.4, 0.5) is 4.39 Å². The van der Waals surface area contributed by atoms with Crippen LogP contribution in [-0.2, 0) is 16.3 Å². The Labute approximate surface area is 191 Å². The number of hydrogen-bond acceptors (Lipinski definition) is 4. The molecular formula is C26H23FN2O3S. The van der Waals surface area contributed by atoms with Crippen LogP contribution in [0.2, 0.25) is 0 Å². The van der Waals surface area contributed by atoms with E-state index in [4.69, 9.17) is 0 Å². The maximum atomic E-state index is 13.4. The summed E-state index contributed by atoms with van der Waals surface area (Å²) in [5, 5.41) is 17.3. The SMILES string of the molecule is C[C@]12Cc3cnn(-c4ccc(F)cc4)c3C=C1CC[C@@H]2[C@@H](O)C1=CS(=O)(=O)c2ccccc21. The lowest BCUT2D eigenvalue weighted by molar-refractivity contribution is 0.0994. The molecule has 1 N–H and O–H groups in total. The summed E-state index contributed by atoms with van der Waals surface area (Å²) in [6, 6.07) is 13.1. The smallest absolute Gasteiger partial charge is 0.200 e. The lowest BCUT2D eigenvalue weighted by atomic mass is 9.67. The first-order valence-electron chi connectivity index (χ1n) is 11.1. The fourth-order valence-electron chi connectivity index (χ4n) is 5.86. The third kappa shape index (κ3) is 2.99. The number of halogens is 1. The molecule has 0 bridgehead atoms. The summed E-state index contributed by atoms with van der Waals surface area (Å²) in [6.45, 7) is 2.16. The largest absolute Gasteiger partial charge is 0.388 e. The van der Waals surface area contributed by atoms with E-state index in [1.807, 2.05) is 10.9 Å². The van der Waals surface area contributed by atoms with E-state index in [1.165, 1.54) is 23.1 Å². The summed E-state index contributed by atoms with van der Waals surface area (Å²) in [4.78, 5) is 0.268. The average Bonchev–Trinajstić information content (AvgIpc) is 3.43. The number of hydrogen-bond donors (Lipinski definition) is 1. The van der Waals surface area contributed by atoms with E-state index < -0.39 is 15.9 Å². The zero-order chi connectivity index (χ0) is 23.0. The molecule has 5 nitrogen and oxygen atoms in total. The van der Waals surface area contributed by atoms with Crippen LogP contribution in [0, 0.1) is 17.2 Å². The lowest BCUT2D eigenvalue weighted by Crippen LogP contribution is -2.36. The van der Waals surface area contributed by atoms with Crippen molar-refractivity contribution in [2.75, 3.05) is 0 Å². The number of aromatic nitrogens is 2. The number of sulfone groups is 1. The van der Waals surface area contributed by atoms with E-state index in [-0.39, 0.29) is 22.0 Å². The molecule has 3 aliphatic rings. The molecule has 7 heteroatoms. The Bertz CT molecular complexity index is 1450. The summed E-state index contributed by atoms with van der Waals surface area (Å²) in [7, 11) is -3.53. The maximum Gasteiger partial charge on any atom is 0.200 e. The first-order valence-corrected chi connectivity index (χ1v) is 12.6. The monoisotopic (exact) mass is 462 g/mol. The van der Waals surface area contributed by atoms with Crippen LogP contribution in [0.3, 0.4) is 0 Å². The molecule has 1 fully saturated rings. The molecule has 0 amide bonds. The summed E-state index contributed by atoms with van der Waals surface area (Å²) in [6.07, 6.45) is 5.42. The van der Waals surface area contributed by atoms with E-state index in [9.17, 15) is 17.9 Å². The molecule has 6 rings (SSSR count). The van der Waals surface area contributed by atoms with Gasteiger partial charge in [0, 0.05) is 11.0 Å². The molecule has 1 aliphatic heterocycles. The standard InChI is InChI=1S/C26H23FN2O3S/c1-26-13-16-14-28-29(19-9-7-18(27)8-10-19)23(16)12-17(26)6-11-22(26)25(30)21-15-33(31,32)24-5-3-2-4-20(21)24/h2-5,7-10,12,14-15,22,25,30H,6,11,13H2,1H3/t22-,25+,26+/m1/s1. The van der Waals surface area contributed by atoms with Crippen LogP contribution < -0.4 is 0 Å². The highest BCUT2D eigenvalue weighted by Crippen LogP contribution is 2.56. The average molecular weight is 463 g/mol. The fourth-order valence-corrected chi connectivity index (χ4v) is 7.35. The molecule has 1 saturated carbocycles. The Morgan fingerprint density at radius 3 is 2.73 bits per heavy atom. The first-order chi connectivity index (χ1) is 15.8. The maximum absolute atomic E-state index is 13.4. The zero-order valence-electron chi connectivity index (χ0n) is 18.1. The van der Waals surface area contributed by atoms with E-state index in [0.717, 1.165) is 29.8 Å². The van der Waals surface area contributed by atoms with Crippen LogP contribution in [0.25, 0.3) is 17.3 Å². The Morgan fingerprint density at radius 2 is 1.94 bits per heavy atom. The van der Waals surface area contributed by atoms with Crippen molar-refractivity contribution >= 4 is 21.5 Å². The second-order valence-corrected chi connectivity index (χ2v) is 11.2. The normalized spacial score (nSPS) is 25.6. The number of aliphatic hydroxyl groups is 1. The molecule has 0 unspecified atom stereocenters. The Kier molecular flexibility index (Phi) is 4.35. The molecular weight excluding hydrogens is 439 g/mol. The van der Waals surface area contributed by atoms with E-state index in [2.05, 4.69) is 18.1 Å². The predicted molar refractivity (Wildman–Crippen MR) is 124 cm³/mol. The van der Waals surface area contributed by atoms with Gasteiger partial charge in [0.2, 0.25) is 9.84 Å². The molecule has 33 heavy (non-hydrogen) atoms. The minimum atomic E-state index is -3.53. The van der Waals surface area contributed by atoms with Gasteiger partial charge in [0.25, 0.3) is 0 Å². The predicted octanol–water partition coefficient (Wildman–Crippen LogP) is 4.56. The van der Waals surface area contributed by atoms with Crippen molar-refractivity contribution in [3.05, 3.63) is 88.3 Å². The topological polar surface area (TPSA) is 72.2 Å². The van der Waals surface area contributed by atoms with Crippen LogP contribution >= 0.6 is 0 Å². The minimum Gasteiger partial charge on any atom is -0.388 e. The quantitative estimate of drug-likeness (QED) is 0.620. The molecule has 2 aromatic carbocycles. The van der Waals surface area contributed by atoms with Crippen LogP contribution in [0.15, 0.2) is 70.6 Å². The van der Waals surface area contributed by atoms with Crippen molar-refractivity contribution in [1.82, 2.24) is 9.78 Å². The van der Waals surface area contributed by atoms with Gasteiger partial charge in [-0.25, -0.2) is 17.5 Å². The Balaban J connectivity index is 1.37. The number of rotatable bonds is 3. The van der Waals surface area contributed by atoms with Gasteiger partial charge in [-0.3, -0.25) is 0 Å². The molecule has 168 valence electrons. The highest BCUT2D eigenvalue weighted by Gasteiger charge is 2.50. The molecule has 0 saturated heterocycles. The van der Waals surface area contributed by atoms with Crippen LogP contribution in [-0.4, -0.2) is 29.4 Å². The minimum absolute atomic E-state index is 0.112. The van der Waals surface area contributed by atoms with E-state index in [1.54, 1.807) is 36.4 Å². The van der Waals surface area contributed by atoms with Crippen molar-refractivity contribution in [3.8, 4) is 5.69 Å². The van der Waals surface area contributed by atoms with Gasteiger partial charge in [-0.05, 0) is 78.1 Å². The van der Waals surface area contributed by atoms with E-state index in [0.29, 0.717) is 17.6 Å². The number of benzene rings is 2. The van der Waals surface area contributed by atoms with Crippen molar-refractivity contribution in [1.29, 1.82) is 0 Å². The van der Waals surface area contributed by atoms with Gasteiger partial charge in [0.1, 0.15) is 5.82 Å². The fraction of sp³-hybridized carbons (Fsp3) is 0.269. The second kappa shape index (κ2) is 6.98. The van der Waals surface area contributed by atoms with E-state index >= 15 is 0 Å². The third-order valence-corrected chi connectivity index (χ3v) is 9.12. The highest BCUT2D eigenvalue weighted by molar-refractivity contribution is 7.95. The molecule has 2 heterocycles. The first kappa shape index (κ1) is 20.6. The summed E-state index contributed by atoms with van der Waals surface area (Å²) in [5.41, 5.74) is 4.88. The van der Waals surface area contributed by atoms with Crippen molar-refractivity contribution in [2.24, 2.45) is 11.3 Å². The Hall–Kier alpha value is -3.03. The molecule has 3 aromatic rings. The summed E-state index contributed by atoms with van der Waals surface area (Å²) >= 11 is 0. The molecule has 0 radical (unpaired) electrons. The Morgan fingerprint density at radius 1 is 1.18 bits per heavy atom. The van der Waals surface area contributed by atoms with Gasteiger partial charge < -0.3 is 5.11 Å². The molecule has 3 atom stereocenters. The number of fused-ring (bicyclic) bond motifs is 3. The lowest BCUT2D eigenvalue weighted by Gasteiger charge is -2.38.